The first-order valence-corrected chi connectivity index (χ1v) is 12.7. The Bertz CT molecular complexity index is 1380. The number of aromatic nitrogens is 5. The van der Waals surface area contributed by atoms with Gasteiger partial charge in [0.15, 0.2) is 0 Å². The van der Waals surface area contributed by atoms with Crippen LogP contribution in [0.5, 0.6) is 5.75 Å². The van der Waals surface area contributed by atoms with E-state index in [0.717, 1.165) is 48.9 Å². The van der Waals surface area contributed by atoms with Gasteiger partial charge in [0.05, 0.1) is 42.7 Å². The fourth-order valence-electron chi connectivity index (χ4n) is 4.52. The molecule has 38 heavy (non-hydrogen) atoms. The van der Waals surface area contributed by atoms with Crippen LogP contribution in [0, 0.1) is 6.92 Å². The first kappa shape index (κ1) is 25.3. The number of aryl methyl sites for hydroxylation is 1. The lowest BCUT2D eigenvalue weighted by Crippen LogP contribution is -2.46. The molecule has 196 valence electrons. The van der Waals surface area contributed by atoms with Crippen LogP contribution in [0.4, 0.5) is 5.95 Å². The van der Waals surface area contributed by atoms with E-state index in [0.29, 0.717) is 36.1 Å². The normalized spacial score (nSPS) is 13.9. The topological polar surface area (TPSA) is 98.5 Å². The second-order valence-corrected chi connectivity index (χ2v) is 9.03. The number of methoxy groups -OCH3 is 1. The highest BCUT2D eigenvalue weighted by molar-refractivity contribution is 5.97. The van der Waals surface area contributed by atoms with Crippen molar-refractivity contribution in [1.82, 2.24) is 29.9 Å². The summed E-state index contributed by atoms with van der Waals surface area (Å²) >= 11 is 0. The van der Waals surface area contributed by atoms with Crippen LogP contribution in [0.1, 0.15) is 28.7 Å². The minimum Gasteiger partial charge on any atom is -0.497 e. The number of esters is 1. The van der Waals surface area contributed by atoms with Crippen molar-refractivity contribution in [2.24, 2.45) is 0 Å². The number of benzene rings is 2. The fourth-order valence-corrected chi connectivity index (χ4v) is 4.52. The van der Waals surface area contributed by atoms with Gasteiger partial charge in [-0.1, -0.05) is 35.5 Å². The van der Waals surface area contributed by atoms with Crippen LogP contribution in [0.15, 0.2) is 60.8 Å². The Morgan fingerprint density at radius 1 is 0.974 bits per heavy atom. The van der Waals surface area contributed by atoms with Gasteiger partial charge in [-0.15, -0.1) is 5.10 Å². The zero-order valence-corrected chi connectivity index (χ0v) is 21.9. The van der Waals surface area contributed by atoms with E-state index < -0.39 is 5.97 Å². The lowest BCUT2D eigenvalue weighted by Gasteiger charge is -2.34. The van der Waals surface area contributed by atoms with Crippen LogP contribution in [0.25, 0.3) is 16.9 Å². The van der Waals surface area contributed by atoms with Crippen molar-refractivity contribution >= 4 is 11.9 Å². The number of ether oxygens (including phenoxy) is 2. The summed E-state index contributed by atoms with van der Waals surface area (Å²) in [5, 5.41) is 8.65. The summed E-state index contributed by atoms with van der Waals surface area (Å²) in [6.45, 7) is 7.83. The van der Waals surface area contributed by atoms with E-state index in [1.165, 1.54) is 0 Å². The predicted molar refractivity (Wildman–Crippen MR) is 144 cm³/mol. The second kappa shape index (κ2) is 11.4. The minimum absolute atomic E-state index is 0.296. The van der Waals surface area contributed by atoms with Gasteiger partial charge >= 0.3 is 5.97 Å². The second-order valence-electron chi connectivity index (χ2n) is 9.03. The molecule has 1 fully saturated rings. The number of anilines is 1. The predicted octanol–water partition coefficient (Wildman–Crippen LogP) is 3.54. The van der Waals surface area contributed by atoms with Gasteiger partial charge < -0.3 is 14.4 Å². The molecule has 3 heterocycles. The van der Waals surface area contributed by atoms with Crippen molar-refractivity contribution in [2.75, 3.05) is 44.8 Å². The number of piperazine rings is 1. The van der Waals surface area contributed by atoms with Crippen LogP contribution in [0.2, 0.25) is 0 Å². The number of rotatable bonds is 8. The molecule has 0 amide bonds. The third-order valence-electron chi connectivity index (χ3n) is 6.52. The molecule has 0 saturated carbocycles. The van der Waals surface area contributed by atoms with Crippen molar-refractivity contribution in [1.29, 1.82) is 0 Å². The summed E-state index contributed by atoms with van der Waals surface area (Å²) in [5.74, 6) is 1.03. The van der Waals surface area contributed by atoms with Crippen LogP contribution < -0.4 is 9.64 Å². The van der Waals surface area contributed by atoms with Gasteiger partial charge in [-0.05, 0) is 38.1 Å². The molecule has 0 spiro atoms. The average molecular weight is 514 g/mol. The number of hydrogen-bond acceptors (Lipinski definition) is 9. The summed E-state index contributed by atoms with van der Waals surface area (Å²) in [6, 6.07) is 17.4. The SMILES string of the molecule is CCOC(=O)c1c(C)nc(N2CCN(Cc3cn(-c4ccc(OC)cc4)nn3)CC2)nc1-c1ccccc1. The summed E-state index contributed by atoms with van der Waals surface area (Å²) in [5.41, 5.74) is 4.34. The largest absolute Gasteiger partial charge is 0.497 e. The Hall–Kier alpha value is -4.31. The highest BCUT2D eigenvalue weighted by atomic mass is 16.5. The van der Waals surface area contributed by atoms with Crippen LogP contribution >= 0.6 is 0 Å². The Labute approximate surface area is 221 Å². The zero-order valence-electron chi connectivity index (χ0n) is 21.9. The highest BCUT2D eigenvalue weighted by Crippen LogP contribution is 2.27. The molecule has 5 rings (SSSR count). The summed E-state index contributed by atoms with van der Waals surface area (Å²) < 4.78 is 12.3. The standard InChI is InChI=1S/C28H31N7O3/c1-4-38-27(36)25-20(2)29-28(30-26(25)21-8-6-5-7-9-21)34-16-14-33(15-17-34)18-22-19-35(32-31-22)23-10-12-24(37-3)13-11-23/h5-13,19H,4,14-18H2,1-3H3. The molecular weight excluding hydrogens is 482 g/mol. The van der Waals surface area contributed by atoms with Crippen molar-refractivity contribution in [3.63, 3.8) is 0 Å². The van der Waals surface area contributed by atoms with Gasteiger partial charge in [0.2, 0.25) is 5.95 Å². The minimum atomic E-state index is -0.400. The molecule has 10 heteroatoms. The molecule has 0 aliphatic carbocycles. The molecule has 0 N–H and O–H groups in total. The highest BCUT2D eigenvalue weighted by Gasteiger charge is 2.25. The smallest absolute Gasteiger partial charge is 0.342 e. The molecule has 0 bridgehead atoms. The summed E-state index contributed by atoms with van der Waals surface area (Å²) in [7, 11) is 1.65. The van der Waals surface area contributed by atoms with E-state index in [-0.39, 0.29) is 0 Å². The number of nitrogens with zero attached hydrogens (tertiary/aromatic N) is 7. The lowest BCUT2D eigenvalue weighted by molar-refractivity contribution is 0.0525. The van der Waals surface area contributed by atoms with E-state index in [1.54, 1.807) is 18.7 Å². The van der Waals surface area contributed by atoms with Gasteiger partial charge in [0, 0.05) is 38.3 Å². The molecule has 2 aromatic carbocycles. The molecule has 1 aliphatic rings. The zero-order chi connectivity index (χ0) is 26.5. The van der Waals surface area contributed by atoms with E-state index in [9.17, 15) is 4.79 Å². The first-order chi connectivity index (χ1) is 18.6. The lowest BCUT2D eigenvalue weighted by atomic mass is 10.0. The van der Waals surface area contributed by atoms with Crippen LogP contribution in [0.3, 0.4) is 0 Å². The molecule has 1 saturated heterocycles. The third-order valence-corrected chi connectivity index (χ3v) is 6.52. The Balaban J connectivity index is 1.28. The van der Waals surface area contributed by atoms with E-state index >= 15 is 0 Å². The molecule has 10 nitrogen and oxygen atoms in total. The summed E-state index contributed by atoms with van der Waals surface area (Å²) in [4.78, 5) is 26.8. The first-order valence-electron chi connectivity index (χ1n) is 12.7. The third kappa shape index (κ3) is 5.50. The summed E-state index contributed by atoms with van der Waals surface area (Å²) in [6.07, 6.45) is 1.96. The average Bonchev–Trinajstić information content (AvgIpc) is 3.42. The maximum absolute atomic E-state index is 12.7. The Kier molecular flexibility index (Phi) is 7.60. The number of carbonyl (C=O) groups excluding carboxylic acids is 1. The molecule has 0 unspecified atom stereocenters. The van der Waals surface area contributed by atoms with Crippen molar-refractivity contribution in [2.45, 2.75) is 20.4 Å². The maximum Gasteiger partial charge on any atom is 0.342 e. The van der Waals surface area contributed by atoms with Gasteiger partial charge in [0.1, 0.15) is 11.3 Å². The van der Waals surface area contributed by atoms with E-state index in [1.807, 2.05) is 67.7 Å². The van der Waals surface area contributed by atoms with Crippen molar-refractivity contribution in [3.8, 4) is 22.7 Å². The maximum atomic E-state index is 12.7. The monoisotopic (exact) mass is 513 g/mol. The van der Waals surface area contributed by atoms with Crippen molar-refractivity contribution in [3.05, 3.63) is 77.7 Å². The molecular formula is C28H31N7O3. The molecule has 0 radical (unpaired) electrons. The molecule has 2 aromatic heterocycles. The van der Waals surface area contributed by atoms with Gasteiger partial charge in [-0.3, -0.25) is 4.90 Å². The molecule has 1 aliphatic heterocycles. The number of hydrogen-bond donors (Lipinski definition) is 0. The fraction of sp³-hybridized carbons (Fsp3) is 0.321. The van der Waals surface area contributed by atoms with Crippen LogP contribution in [-0.2, 0) is 11.3 Å². The van der Waals surface area contributed by atoms with E-state index in [2.05, 4.69) is 20.1 Å². The Morgan fingerprint density at radius 2 is 1.71 bits per heavy atom. The van der Waals surface area contributed by atoms with E-state index in [4.69, 9.17) is 19.4 Å². The Morgan fingerprint density at radius 3 is 2.39 bits per heavy atom. The molecule has 0 atom stereocenters. The quantitative estimate of drug-likeness (QED) is 0.328. The van der Waals surface area contributed by atoms with Crippen molar-refractivity contribution < 1.29 is 14.3 Å². The molecule has 4 aromatic rings. The number of carbonyl (C=O) groups is 1. The van der Waals surface area contributed by atoms with Gasteiger partial charge in [0.25, 0.3) is 0 Å². The van der Waals surface area contributed by atoms with Gasteiger partial charge in [-0.2, -0.15) is 0 Å². The van der Waals surface area contributed by atoms with Gasteiger partial charge in [-0.25, -0.2) is 19.4 Å². The van der Waals surface area contributed by atoms with Crippen LogP contribution in [-0.4, -0.2) is 75.7 Å².